The molecule has 0 radical (unpaired) electrons. The van der Waals surface area contributed by atoms with Gasteiger partial charge in [-0.15, -0.1) is 0 Å². The number of nitriles is 1. The van der Waals surface area contributed by atoms with Crippen LogP contribution in [0.3, 0.4) is 0 Å². The van der Waals surface area contributed by atoms with Crippen LogP contribution in [0.15, 0.2) is 79.0 Å². The zero-order valence-corrected chi connectivity index (χ0v) is 12.3. The van der Waals surface area contributed by atoms with Gasteiger partial charge in [-0.3, -0.25) is 4.57 Å². The van der Waals surface area contributed by atoms with Crippen LogP contribution in [-0.4, -0.2) is 9.55 Å². The fourth-order valence-electron chi connectivity index (χ4n) is 2.84. The number of pyridine rings is 1. The Balaban J connectivity index is 2.07. The van der Waals surface area contributed by atoms with Gasteiger partial charge in [-0.25, -0.2) is 4.98 Å². The molecule has 0 unspecified atom stereocenters. The molecule has 0 saturated carbocycles. The van der Waals surface area contributed by atoms with Gasteiger partial charge in [-0.2, -0.15) is 5.26 Å². The average molecular weight is 295 g/mol. The number of rotatable bonds is 2. The Hall–Kier alpha value is -3.38. The second-order valence-electron chi connectivity index (χ2n) is 5.30. The molecule has 0 aliphatic rings. The predicted molar refractivity (Wildman–Crippen MR) is 91.2 cm³/mol. The molecule has 2 aromatic heterocycles. The molecule has 0 amide bonds. The number of aromatic nitrogens is 2. The maximum Gasteiger partial charge on any atom is 0.137 e. The Labute approximate surface area is 134 Å². The smallest absolute Gasteiger partial charge is 0.137 e. The molecule has 2 heterocycles. The molecule has 23 heavy (non-hydrogen) atoms. The lowest BCUT2D eigenvalue weighted by Gasteiger charge is -2.10. The van der Waals surface area contributed by atoms with Crippen molar-refractivity contribution in [3.05, 3.63) is 84.6 Å². The summed E-state index contributed by atoms with van der Waals surface area (Å²) in [7, 11) is 0. The van der Waals surface area contributed by atoms with Crippen LogP contribution in [0.1, 0.15) is 5.56 Å². The topological polar surface area (TPSA) is 41.6 Å². The molecule has 0 bridgehead atoms. The highest BCUT2D eigenvalue weighted by Gasteiger charge is 2.13. The van der Waals surface area contributed by atoms with Gasteiger partial charge >= 0.3 is 0 Å². The Morgan fingerprint density at radius 2 is 1.70 bits per heavy atom. The Morgan fingerprint density at radius 1 is 0.870 bits per heavy atom. The van der Waals surface area contributed by atoms with E-state index in [4.69, 9.17) is 5.26 Å². The van der Waals surface area contributed by atoms with Crippen LogP contribution in [0.2, 0.25) is 0 Å². The summed E-state index contributed by atoms with van der Waals surface area (Å²) in [5.74, 6) is 0.867. The normalized spacial score (nSPS) is 10.6. The quantitative estimate of drug-likeness (QED) is 0.544. The SMILES string of the molecule is N#Cc1ccc2c(c1)cc(-c1ccccc1)n2-c1ccccn1. The van der Waals surface area contributed by atoms with E-state index in [0.29, 0.717) is 5.56 Å². The van der Waals surface area contributed by atoms with Crippen LogP contribution in [-0.2, 0) is 0 Å². The molecule has 0 spiro atoms. The van der Waals surface area contributed by atoms with Crippen LogP contribution < -0.4 is 0 Å². The zero-order valence-electron chi connectivity index (χ0n) is 12.3. The van der Waals surface area contributed by atoms with Crippen LogP contribution in [0.4, 0.5) is 0 Å². The molecular weight excluding hydrogens is 282 g/mol. The first-order valence-corrected chi connectivity index (χ1v) is 7.39. The third-order valence-corrected chi connectivity index (χ3v) is 3.88. The second-order valence-corrected chi connectivity index (χ2v) is 5.30. The molecule has 2 aromatic carbocycles. The summed E-state index contributed by atoms with van der Waals surface area (Å²) in [5.41, 5.74) is 3.89. The predicted octanol–water partition coefficient (Wildman–Crippen LogP) is 4.56. The van der Waals surface area contributed by atoms with Gasteiger partial charge in [0.25, 0.3) is 0 Å². The van der Waals surface area contributed by atoms with E-state index >= 15 is 0 Å². The van der Waals surface area contributed by atoms with E-state index in [1.54, 1.807) is 6.20 Å². The number of hydrogen-bond donors (Lipinski definition) is 0. The first-order chi connectivity index (χ1) is 11.4. The summed E-state index contributed by atoms with van der Waals surface area (Å²) in [6, 6.07) is 26.2. The monoisotopic (exact) mass is 295 g/mol. The second kappa shape index (κ2) is 5.43. The van der Waals surface area contributed by atoms with Crippen LogP contribution in [0.5, 0.6) is 0 Å². The van der Waals surface area contributed by atoms with Gasteiger partial charge in [-0.1, -0.05) is 36.4 Å². The Kier molecular flexibility index (Phi) is 3.14. The van der Waals surface area contributed by atoms with E-state index in [-0.39, 0.29) is 0 Å². The van der Waals surface area contributed by atoms with Crippen molar-refractivity contribution in [3.8, 4) is 23.1 Å². The number of hydrogen-bond acceptors (Lipinski definition) is 2. The fraction of sp³-hybridized carbons (Fsp3) is 0. The third kappa shape index (κ3) is 2.27. The van der Waals surface area contributed by atoms with Gasteiger partial charge in [0, 0.05) is 11.6 Å². The van der Waals surface area contributed by atoms with Crippen molar-refractivity contribution < 1.29 is 0 Å². The minimum absolute atomic E-state index is 0.662. The molecule has 108 valence electrons. The number of benzene rings is 2. The molecule has 3 heteroatoms. The fourth-order valence-corrected chi connectivity index (χ4v) is 2.84. The van der Waals surface area contributed by atoms with Crippen molar-refractivity contribution in [1.29, 1.82) is 5.26 Å². The molecule has 0 N–H and O–H groups in total. The molecule has 0 aliphatic heterocycles. The van der Waals surface area contributed by atoms with Gasteiger partial charge < -0.3 is 0 Å². The van der Waals surface area contributed by atoms with Crippen LogP contribution in [0, 0.1) is 11.3 Å². The van der Waals surface area contributed by atoms with Gasteiger partial charge in [0.1, 0.15) is 5.82 Å². The summed E-state index contributed by atoms with van der Waals surface area (Å²) in [5, 5.41) is 10.2. The highest BCUT2D eigenvalue weighted by Crippen LogP contribution is 2.31. The van der Waals surface area contributed by atoms with E-state index in [1.807, 2.05) is 54.6 Å². The van der Waals surface area contributed by atoms with E-state index in [2.05, 4.69) is 33.8 Å². The molecular formula is C20H13N3. The van der Waals surface area contributed by atoms with Gasteiger partial charge in [-0.05, 0) is 42.0 Å². The first kappa shape index (κ1) is 13.3. The van der Waals surface area contributed by atoms with Gasteiger partial charge in [0.2, 0.25) is 0 Å². The average Bonchev–Trinajstić information content (AvgIpc) is 3.01. The Morgan fingerprint density at radius 3 is 2.43 bits per heavy atom. The van der Waals surface area contributed by atoms with Crippen molar-refractivity contribution in [2.45, 2.75) is 0 Å². The standard InChI is InChI=1S/C20H13N3/c21-14-15-9-10-18-17(12-15)13-19(16-6-2-1-3-7-16)23(18)20-8-4-5-11-22-20/h1-13H. The van der Waals surface area contributed by atoms with E-state index in [1.165, 1.54) is 0 Å². The molecule has 0 fully saturated rings. The number of fused-ring (bicyclic) bond motifs is 1. The van der Waals surface area contributed by atoms with Crippen molar-refractivity contribution in [2.75, 3.05) is 0 Å². The lowest BCUT2D eigenvalue weighted by molar-refractivity contribution is 1.05. The van der Waals surface area contributed by atoms with Crippen molar-refractivity contribution in [1.82, 2.24) is 9.55 Å². The maximum atomic E-state index is 9.14. The lowest BCUT2D eigenvalue weighted by Crippen LogP contribution is -1.98. The molecule has 3 nitrogen and oxygen atoms in total. The summed E-state index contributed by atoms with van der Waals surface area (Å²) < 4.78 is 2.13. The highest BCUT2D eigenvalue weighted by atomic mass is 15.1. The highest BCUT2D eigenvalue weighted by molar-refractivity contribution is 5.89. The summed E-state index contributed by atoms with van der Waals surface area (Å²) >= 11 is 0. The maximum absolute atomic E-state index is 9.14. The third-order valence-electron chi connectivity index (χ3n) is 3.88. The molecule has 0 aliphatic carbocycles. The van der Waals surface area contributed by atoms with Crippen LogP contribution in [0.25, 0.3) is 28.0 Å². The van der Waals surface area contributed by atoms with Gasteiger partial charge in [0.15, 0.2) is 0 Å². The molecule has 4 aromatic rings. The Bertz CT molecular complexity index is 1010. The summed E-state index contributed by atoms with van der Waals surface area (Å²) in [6.45, 7) is 0. The largest absolute Gasteiger partial charge is 0.294 e. The van der Waals surface area contributed by atoms with Crippen molar-refractivity contribution >= 4 is 10.9 Å². The minimum atomic E-state index is 0.662. The lowest BCUT2D eigenvalue weighted by atomic mass is 10.1. The molecule has 0 atom stereocenters. The molecule has 4 rings (SSSR count). The van der Waals surface area contributed by atoms with Gasteiger partial charge in [0.05, 0.1) is 22.8 Å². The van der Waals surface area contributed by atoms with E-state index in [9.17, 15) is 0 Å². The first-order valence-electron chi connectivity index (χ1n) is 7.39. The van der Waals surface area contributed by atoms with Crippen molar-refractivity contribution in [3.63, 3.8) is 0 Å². The number of nitrogens with zero attached hydrogens (tertiary/aromatic N) is 3. The van der Waals surface area contributed by atoms with Crippen molar-refractivity contribution in [2.24, 2.45) is 0 Å². The van der Waals surface area contributed by atoms with Crippen LogP contribution >= 0.6 is 0 Å². The summed E-state index contributed by atoms with van der Waals surface area (Å²) in [6.07, 6.45) is 1.79. The minimum Gasteiger partial charge on any atom is -0.294 e. The van der Waals surface area contributed by atoms with E-state index in [0.717, 1.165) is 28.0 Å². The molecule has 0 saturated heterocycles. The van der Waals surface area contributed by atoms with E-state index < -0.39 is 0 Å². The zero-order chi connectivity index (χ0) is 15.6. The summed E-state index contributed by atoms with van der Waals surface area (Å²) in [4.78, 5) is 4.50.